The van der Waals surface area contributed by atoms with Crippen LogP contribution in [0.25, 0.3) is 15.8 Å². The van der Waals surface area contributed by atoms with Gasteiger partial charge in [-0.05, 0) is 48.2 Å². The van der Waals surface area contributed by atoms with E-state index >= 15 is 0 Å². The standard InChI is InChI=1S/C27H20FN4O4S/c28-20-14-19(31-26(34)16-25(33)30-18-4-2-1-3-5-18)6-7-22(20)36-23-8-11-29-21-15-24(37-27(21)23)17-9-12-32(35)13-10-17/h1-12,14-15H,13,16H2,(H,30,33)(H,31,34)/q-1. The summed E-state index contributed by atoms with van der Waals surface area (Å²) in [6.45, 7) is 0.267. The maximum atomic E-state index is 14.8. The number of nitrogens with zero attached hydrogens (tertiary/aromatic N) is 2. The SMILES string of the molecule is O=C(CC(=O)Nc1ccc(Oc2ccnc3cc(C4=CCN([O-])C=C4)sc23)c(F)c1)Nc1ccccc1. The molecule has 186 valence electrons. The fourth-order valence-electron chi connectivity index (χ4n) is 3.66. The summed E-state index contributed by atoms with van der Waals surface area (Å²) >= 11 is 1.43. The zero-order valence-corrected chi connectivity index (χ0v) is 20.1. The van der Waals surface area contributed by atoms with E-state index in [1.807, 2.05) is 18.2 Å². The topological polar surface area (TPSA) is 107 Å². The Kier molecular flexibility index (Phi) is 6.93. The summed E-state index contributed by atoms with van der Waals surface area (Å²) in [4.78, 5) is 29.6. The number of benzene rings is 2. The van der Waals surface area contributed by atoms with Gasteiger partial charge in [0.05, 0.1) is 10.2 Å². The quantitative estimate of drug-likeness (QED) is 0.297. The Hall–Kier alpha value is -4.54. The summed E-state index contributed by atoms with van der Waals surface area (Å²) in [6.07, 6.45) is 6.19. The van der Waals surface area contributed by atoms with Crippen LogP contribution in [0.4, 0.5) is 15.8 Å². The number of para-hydroxylation sites is 1. The van der Waals surface area contributed by atoms with Gasteiger partial charge in [-0.3, -0.25) is 14.6 Å². The molecule has 3 heterocycles. The van der Waals surface area contributed by atoms with Gasteiger partial charge in [-0.2, -0.15) is 0 Å². The van der Waals surface area contributed by atoms with Crippen molar-refractivity contribution < 1.29 is 18.7 Å². The van der Waals surface area contributed by atoms with E-state index in [0.717, 1.165) is 26.3 Å². The normalized spacial score (nSPS) is 12.8. The number of fused-ring (bicyclic) bond motifs is 1. The third-order valence-electron chi connectivity index (χ3n) is 5.39. The second kappa shape index (κ2) is 10.6. The molecule has 0 saturated carbocycles. The van der Waals surface area contributed by atoms with Crippen molar-refractivity contribution in [3.63, 3.8) is 0 Å². The number of ether oxygens (including phenoxy) is 1. The molecule has 0 bridgehead atoms. The number of hydroxylamine groups is 2. The minimum absolute atomic E-state index is 0.0268. The Morgan fingerprint density at radius 2 is 1.81 bits per heavy atom. The number of halogens is 1. The molecule has 2 aromatic carbocycles. The average Bonchev–Trinajstić information content (AvgIpc) is 3.32. The first-order valence-corrected chi connectivity index (χ1v) is 12.1. The summed E-state index contributed by atoms with van der Waals surface area (Å²) in [5.41, 5.74) is 2.38. The number of carbonyl (C=O) groups is 2. The lowest BCUT2D eigenvalue weighted by Gasteiger charge is -2.27. The van der Waals surface area contributed by atoms with Crippen LogP contribution in [0.1, 0.15) is 11.3 Å². The molecule has 8 nitrogen and oxygen atoms in total. The van der Waals surface area contributed by atoms with Crippen molar-refractivity contribution in [2.45, 2.75) is 6.42 Å². The third-order valence-corrected chi connectivity index (χ3v) is 6.57. The molecule has 2 N–H and O–H groups in total. The largest absolute Gasteiger partial charge is 0.758 e. The van der Waals surface area contributed by atoms with Crippen molar-refractivity contribution in [1.29, 1.82) is 0 Å². The van der Waals surface area contributed by atoms with Crippen molar-refractivity contribution in [2.75, 3.05) is 17.2 Å². The number of thiophene rings is 1. The van der Waals surface area contributed by atoms with Crippen LogP contribution in [0.2, 0.25) is 0 Å². The maximum absolute atomic E-state index is 14.8. The van der Waals surface area contributed by atoms with E-state index in [2.05, 4.69) is 15.6 Å². The summed E-state index contributed by atoms with van der Waals surface area (Å²) in [5, 5.41) is 17.4. The molecule has 1 aliphatic rings. The van der Waals surface area contributed by atoms with Crippen LogP contribution >= 0.6 is 11.3 Å². The second-order valence-electron chi connectivity index (χ2n) is 8.10. The monoisotopic (exact) mass is 515 g/mol. The van der Waals surface area contributed by atoms with E-state index in [0.29, 0.717) is 17.0 Å². The number of rotatable bonds is 7. The molecule has 0 saturated heterocycles. The lowest BCUT2D eigenvalue weighted by molar-refractivity contribution is -0.123. The highest BCUT2D eigenvalue weighted by atomic mass is 32.1. The predicted molar refractivity (Wildman–Crippen MR) is 142 cm³/mol. The third kappa shape index (κ3) is 5.83. The molecule has 37 heavy (non-hydrogen) atoms. The van der Waals surface area contributed by atoms with E-state index in [-0.39, 0.29) is 18.0 Å². The molecule has 5 rings (SSSR count). The van der Waals surface area contributed by atoms with Crippen LogP contribution in [0.5, 0.6) is 11.5 Å². The first kappa shape index (κ1) is 24.2. The number of aromatic nitrogens is 1. The number of nitrogens with one attached hydrogen (secondary N) is 2. The minimum Gasteiger partial charge on any atom is -0.758 e. The highest BCUT2D eigenvalue weighted by Crippen LogP contribution is 2.38. The second-order valence-corrected chi connectivity index (χ2v) is 9.15. The highest BCUT2D eigenvalue weighted by molar-refractivity contribution is 7.20. The van der Waals surface area contributed by atoms with Crippen LogP contribution in [0.3, 0.4) is 0 Å². The lowest BCUT2D eigenvalue weighted by atomic mass is 10.1. The molecule has 0 fully saturated rings. The van der Waals surface area contributed by atoms with Crippen molar-refractivity contribution in [1.82, 2.24) is 10.0 Å². The van der Waals surface area contributed by atoms with Crippen LogP contribution in [-0.4, -0.2) is 28.4 Å². The molecular formula is C27H20FN4O4S-. The molecule has 2 aromatic heterocycles. The van der Waals surface area contributed by atoms with Gasteiger partial charge in [-0.15, -0.1) is 11.3 Å². The first-order chi connectivity index (χ1) is 17.9. The molecule has 0 spiro atoms. The van der Waals surface area contributed by atoms with Crippen LogP contribution in [0.15, 0.2) is 85.2 Å². The Bertz CT molecular complexity index is 1530. The van der Waals surface area contributed by atoms with Gasteiger partial charge in [0.2, 0.25) is 11.8 Å². The zero-order chi connectivity index (χ0) is 25.8. The van der Waals surface area contributed by atoms with Gasteiger partial charge < -0.3 is 25.6 Å². The highest BCUT2D eigenvalue weighted by Gasteiger charge is 2.15. The average molecular weight is 516 g/mol. The first-order valence-electron chi connectivity index (χ1n) is 11.3. The number of allylic oxidation sites excluding steroid dienone is 2. The van der Waals surface area contributed by atoms with E-state index < -0.39 is 24.1 Å². The fourth-order valence-corrected chi connectivity index (χ4v) is 4.74. The number of carbonyl (C=O) groups excluding carboxylic acids is 2. The van der Waals surface area contributed by atoms with E-state index in [9.17, 15) is 19.2 Å². The van der Waals surface area contributed by atoms with Crippen molar-refractivity contribution >= 4 is 50.3 Å². The van der Waals surface area contributed by atoms with Gasteiger partial charge >= 0.3 is 0 Å². The molecule has 0 atom stereocenters. The van der Waals surface area contributed by atoms with Gasteiger partial charge in [0, 0.05) is 41.1 Å². The molecule has 2 amide bonds. The number of pyridine rings is 1. The summed E-state index contributed by atoms with van der Waals surface area (Å²) in [7, 11) is 0. The van der Waals surface area contributed by atoms with Crippen molar-refractivity contribution in [3.05, 3.63) is 101 Å². The molecule has 0 unspecified atom stereocenters. The molecular weight excluding hydrogens is 495 g/mol. The molecule has 4 aromatic rings. The molecule has 10 heteroatoms. The number of hydrogen-bond acceptors (Lipinski definition) is 7. The van der Waals surface area contributed by atoms with Gasteiger partial charge in [0.15, 0.2) is 11.6 Å². The summed E-state index contributed by atoms with van der Waals surface area (Å²) in [6, 6.07) is 16.4. The zero-order valence-electron chi connectivity index (χ0n) is 19.3. The number of hydrogen-bond donors (Lipinski definition) is 2. The Morgan fingerprint density at radius 1 is 1.03 bits per heavy atom. The minimum atomic E-state index is -0.679. The Morgan fingerprint density at radius 3 is 2.54 bits per heavy atom. The van der Waals surface area contributed by atoms with Crippen LogP contribution in [-0.2, 0) is 9.59 Å². The summed E-state index contributed by atoms with van der Waals surface area (Å²) < 4.78 is 21.4. The lowest BCUT2D eigenvalue weighted by Crippen LogP contribution is -2.21. The summed E-state index contributed by atoms with van der Waals surface area (Å²) in [5.74, 6) is -1.33. The van der Waals surface area contributed by atoms with Gasteiger partial charge in [-0.1, -0.05) is 24.3 Å². The number of amides is 2. The van der Waals surface area contributed by atoms with E-state index in [1.54, 1.807) is 42.6 Å². The van der Waals surface area contributed by atoms with Crippen molar-refractivity contribution in [2.24, 2.45) is 0 Å². The van der Waals surface area contributed by atoms with Gasteiger partial charge in [0.25, 0.3) is 0 Å². The number of anilines is 2. The fraction of sp³-hybridized carbons (Fsp3) is 0.0741. The maximum Gasteiger partial charge on any atom is 0.233 e. The van der Waals surface area contributed by atoms with Crippen LogP contribution in [0, 0.1) is 11.0 Å². The molecule has 1 aliphatic heterocycles. The Labute approximate surface area is 215 Å². The van der Waals surface area contributed by atoms with E-state index in [4.69, 9.17) is 4.74 Å². The van der Waals surface area contributed by atoms with E-state index in [1.165, 1.54) is 29.7 Å². The van der Waals surface area contributed by atoms with Crippen molar-refractivity contribution in [3.8, 4) is 11.5 Å². The van der Waals surface area contributed by atoms with Crippen LogP contribution < -0.4 is 15.4 Å². The van der Waals surface area contributed by atoms with Gasteiger partial charge in [-0.25, -0.2) is 4.39 Å². The Balaban J connectivity index is 1.26. The molecule has 0 radical (unpaired) electrons. The predicted octanol–water partition coefficient (Wildman–Crippen LogP) is 5.91. The molecule has 0 aliphatic carbocycles. The van der Waals surface area contributed by atoms with Gasteiger partial charge in [0.1, 0.15) is 12.2 Å². The smallest absolute Gasteiger partial charge is 0.233 e.